The van der Waals surface area contributed by atoms with Gasteiger partial charge in [0.05, 0.1) is 0 Å². The van der Waals surface area contributed by atoms with Gasteiger partial charge in [0, 0.05) is 25.1 Å². The van der Waals surface area contributed by atoms with Crippen LogP contribution >= 0.6 is 0 Å². The summed E-state index contributed by atoms with van der Waals surface area (Å²) in [5.74, 6) is -1.00. The standard InChI is InChI=1S/C16H22N2O3/c19-15(4-3-5-16(20)21)17-14-8-6-13(7-9-14)12-18-10-1-2-11-18/h6-9H,1-5,10-12H2,(H,17,19)(H,20,21). The highest BCUT2D eigenvalue weighted by molar-refractivity contribution is 5.90. The van der Waals surface area contributed by atoms with E-state index >= 15 is 0 Å². The van der Waals surface area contributed by atoms with Gasteiger partial charge in [0.25, 0.3) is 0 Å². The molecular weight excluding hydrogens is 268 g/mol. The van der Waals surface area contributed by atoms with E-state index in [0.29, 0.717) is 6.42 Å². The fraction of sp³-hybridized carbons (Fsp3) is 0.500. The summed E-state index contributed by atoms with van der Waals surface area (Å²) >= 11 is 0. The zero-order valence-electron chi connectivity index (χ0n) is 12.2. The first kappa shape index (κ1) is 15.5. The molecule has 5 nitrogen and oxygen atoms in total. The third kappa shape index (κ3) is 5.55. The molecule has 0 saturated carbocycles. The molecular formula is C16H22N2O3. The molecule has 0 atom stereocenters. The molecule has 1 amide bonds. The summed E-state index contributed by atoms with van der Waals surface area (Å²) in [6, 6.07) is 7.87. The van der Waals surface area contributed by atoms with Crippen LogP contribution in [0, 0.1) is 0 Å². The van der Waals surface area contributed by atoms with Gasteiger partial charge in [-0.3, -0.25) is 14.5 Å². The molecule has 1 saturated heterocycles. The maximum Gasteiger partial charge on any atom is 0.303 e. The van der Waals surface area contributed by atoms with Gasteiger partial charge < -0.3 is 10.4 Å². The van der Waals surface area contributed by atoms with E-state index in [9.17, 15) is 9.59 Å². The Morgan fingerprint density at radius 3 is 2.38 bits per heavy atom. The lowest BCUT2D eigenvalue weighted by molar-refractivity contribution is -0.137. The van der Waals surface area contributed by atoms with Crippen molar-refractivity contribution in [2.45, 2.75) is 38.6 Å². The van der Waals surface area contributed by atoms with Gasteiger partial charge in [0.2, 0.25) is 5.91 Å². The summed E-state index contributed by atoms with van der Waals surface area (Å²) in [6.45, 7) is 3.30. The normalized spacial score (nSPS) is 15.0. The number of benzene rings is 1. The van der Waals surface area contributed by atoms with Gasteiger partial charge in [0.1, 0.15) is 0 Å². The smallest absolute Gasteiger partial charge is 0.303 e. The first-order chi connectivity index (χ1) is 10.1. The number of anilines is 1. The van der Waals surface area contributed by atoms with Crippen LogP contribution in [0.5, 0.6) is 0 Å². The van der Waals surface area contributed by atoms with E-state index in [1.807, 2.05) is 24.3 Å². The highest BCUT2D eigenvalue weighted by atomic mass is 16.4. The molecule has 0 spiro atoms. The SMILES string of the molecule is O=C(O)CCCC(=O)Nc1ccc(CN2CCCC2)cc1. The van der Waals surface area contributed by atoms with Gasteiger partial charge in [0.15, 0.2) is 0 Å². The quantitative estimate of drug-likeness (QED) is 0.809. The Hall–Kier alpha value is -1.88. The number of likely N-dealkylation sites (tertiary alicyclic amines) is 1. The van der Waals surface area contributed by atoms with Crippen LogP contribution in [0.2, 0.25) is 0 Å². The molecule has 0 unspecified atom stereocenters. The lowest BCUT2D eigenvalue weighted by Crippen LogP contribution is -2.18. The van der Waals surface area contributed by atoms with E-state index in [1.54, 1.807) is 0 Å². The Morgan fingerprint density at radius 1 is 1.10 bits per heavy atom. The Kier molecular flexibility index (Phi) is 5.75. The average molecular weight is 290 g/mol. The molecule has 0 aliphatic carbocycles. The van der Waals surface area contributed by atoms with E-state index in [-0.39, 0.29) is 18.7 Å². The van der Waals surface area contributed by atoms with Crippen LogP contribution in [0.4, 0.5) is 5.69 Å². The highest BCUT2D eigenvalue weighted by Crippen LogP contribution is 2.15. The number of carboxylic acid groups (broad SMARTS) is 1. The molecule has 1 fully saturated rings. The minimum Gasteiger partial charge on any atom is -0.481 e. The van der Waals surface area contributed by atoms with E-state index < -0.39 is 5.97 Å². The van der Waals surface area contributed by atoms with Crippen molar-refractivity contribution in [2.24, 2.45) is 0 Å². The summed E-state index contributed by atoms with van der Waals surface area (Å²) in [6.07, 6.45) is 3.20. The summed E-state index contributed by atoms with van der Waals surface area (Å²) in [5.41, 5.74) is 2.02. The van der Waals surface area contributed by atoms with Crippen molar-refractivity contribution in [1.82, 2.24) is 4.90 Å². The largest absolute Gasteiger partial charge is 0.481 e. The first-order valence-electron chi connectivity index (χ1n) is 7.46. The first-order valence-corrected chi connectivity index (χ1v) is 7.46. The molecule has 0 radical (unpaired) electrons. The number of hydrogen-bond donors (Lipinski definition) is 2. The van der Waals surface area contributed by atoms with E-state index in [0.717, 1.165) is 12.2 Å². The second-order valence-electron chi connectivity index (χ2n) is 5.48. The lowest BCUT2D eigenvalue weighted by atomic mass is 10.2. The molecule has 0 aromatic heterocycles. The maximum atomic E-state index is 11.6. The van der Waals surface area contributed by atoms with E-state index in [2.05, 4.69) is 10.2 Å². The summed E-state index contributed by atoms with van der Waals surface area (Å²) in [5, 5.41) is 11.3. The van der Waals surface area contributed by atoms with Crippen molar-refractivity contribution in [2.75, 3.05) is 18.4 Å². The highest BCUT2D eigenvalue weighted by Gasteiger charge is 2.11. The van der Waals surface area contributed by atoms with Crippen molar-refractivity contribution in [1.29, 1.82) is 0 Å². The molecule has 1 aliphatic heterocycles. The summed E-state index contributed by atoms with van der Waals surface area (Å²) < 4.78 is 0. The third-order valence-electron chi connectivity index (χ3n) is 3.64. The van der Waals surface area contributed by atoms with Gasteiger partial charge >= 0.3 is 5.97 Å². The summed E-state index contributed by atoms with van der Waals surface area (Å²) in [4.78, 5) is 24.5. The second kappa shape index (κ2) is 7.78. The number of hydrogen-bond acceptors (Lipinski definition) is 3. The van der Waals surface area contributed by atoms with Crippen LogP contribution in [0.3, 0.4) is 0 Å². The van der Waals surface area contributed by atoms with Crippen molar-refractivity contribution in [3.63, 3.8) is 0 Å². The molecule has 1 heterocycles. The molecule has 21 heavy (non-hydrogen) atoms. The molecule has 2 rings (SSSR count). The Morgan fingerprint density at radius 2 is 1.76 bits per heavy atom. The van der Waals surface area contributed by atoms with Crippen LogP contribution in [0.15, 0.2) is 24.3 Å². The van der Waals surface area contributed by atoms with Crippen molar-refractivity contribution >= 4 is 17.6 Å². The van der Waals surface area contributed by atoms with Gasteiger partial charge in [-0.1, -0.05) is 12.1 Å². The lowest BCUT2D eigenvalue weighted by Gasteiger charge is -2.14. The van der Waals surface area contributed by atoms with Crippen LogP contribution < -0.4 is 5.32 Å². The fourth-order valence-electron chi connectivity index (χ4n) is 2.52. The van der Waals surface area contributed by atoms with Crippen LogP contribution in [-0.4, -0.2) is 35.0 Å². The zero-order chi connectivity index (χ0) is 15.1. The molecule has 1 aromatic rings. The van der Waals surface area contributed by atoms with E-state index in [1.165, 1.54) is 31.5 Å². The number of rotatable bonds is 7. The predicted molar refractivity (Wildman–Crippen MR) is 81.1 cm³/mol. The minimum atomic E-state index is -0.867. The van der Waals surface area contributed by atoms with Gasteiger partial charge in [-0.15, -0.1) is 0 Å². The number of nitrogens with zero attached hydrogens (tertiary/aromatic N) is 1. The van der Waals surface area contributed by atoms with Crippen molar-refractivity contribution < 1.29 is 14.7 Å². The minimum absolute atomic E-state index is 0.0300. The van der Waals surface area contributed by atoms with Crippen LogP contribution in [0.25, 0.3) is 0 Å². The molecule has 1 aliphatic rings. The fourth-order valence-corrected chi connectivity index (χ4v) is 2.52. The number of carboxylic acids is 1. The number of aliphatic carboxylic acids is 1. The van der Waals surface area contributed by atoms with Gasteiger partial charge in [-0.2, -0.15) is 0 Å². The Labute approximate surface area is 125 Å². The average Bonchev–Trinajstić information content (AvgIpc) is 2.93. The van der Waals surface area contributed by atoms with Crippen molar-refractivity contribution in [3.05, 3.63) is 29.8 Å². The monoisotopic (exact) mass is 290 g/mol. The number of nitrogens with one attached hydrogen (secondary N) is 1. The molecule has 2 N–H and O–H groups in total. The van der Waals surface area contributed by atoms with Crippen molar-refractivity contribution in [3.8, 4) is 0 Å². The predicted octanol–water partition coefficient (Wildman–Crippen LogP) is 2.48. The Bertz CT molecular complexity index is 479. The number of carbonyl (C=O) groups excluding carboxylic acids is 1. The second-order valence-corrected chi connectivity index (χ2v) is 5.48. The van der Waals surface area contributed by atoms with Gasteiger partial charge in [-0.05, 0) is 50.0 Å². The van der Waals surface area contributed by atoms with Crippen LogP contribution in [-0.2, 0) is 16.1 Å². The van der Waals surface area contributed by atoms with Crippen LogP contribution in [0.1, 0.15) is 37.7 Å². The molecule has 0 bridgehead atoms. The zero-order valence-corrected chi connectivity index (χ0v) is 12.2. The maximum absolute atomic E-state index is 11.6. The van der Waals surface area contributed by atoms with Gasteiger partial charge in [-0.25, -0.2) is 0 Å². The molecule has 1 aromatic carbocycles. The van der Waals surface area contributed by atoms with E-state index in [4.69, 9.17) is 5.11 Å². The number of carbonyl (C=O) groups is 2. The molecule has 5 heteroatoms. The third-order valence-corrected chi connectivity index (χ3v) is 3.64. The summed E-state index contributed by atoms with van der Waals surface area (Å²) in [7, 11) is 0. The molecule has 114 valence electrons. The topological polar surface area (TPSA) is 69.6 Å². The Balaban J connectivity index is 1.76. The number of amides is 1.